The van der Waals surface area contributed by atoms with Crippen molar-refractivity contribution in [2.45, 2.75) is 25.7 Å². The third-order valence-electron chi connectivity index (χ3n) is 2.61. The standard InChI is InChI=1S/C12H17NO2/c1-9-8-13-12(15-9)7-10-3-5-11(14-2)6-4-10/h3-6,9,12-13H,7-8H2,1-2H3. The Hall–Kier alpha value is -1.06. The highest BCUT2D eigenvalue weighted by atomic mass is 16.5. The Morgan fingerprint density at radius 3 is 2.67 bits per heavy atom. The van der Waals surface area contributed by atoms with Crippen LogP contribution in [0.5, 0.6) is 5.75 Å². The van der Waals surface area contributed by atoms with E-state index in [0.717, 1.165) is 18.7 Å². The first-order chi connectivity index (χ1) is 7.28. The van der Waals surface area contributed by atoms with E-state index in [9.17, 15) is 0 Å². The fourth-order valence-electron chi connectivity index (χ4n) is 1.77. The van der Waals surface area contributed by atoms with Gasteiger partial charge in [0, 0.05) is 13.0 Å². The van der Waals surface area contributed by atoms with Gasteiger partial charge in [0.05, 0.1) is 13.2 Å². The highest BCUT2D eigenvalue weighted by molar-refractivity contribution is 5.27. The molecule has 0 aliphatic carbocycles. The van der Waals surface area contributed by atoms with E-state index < -0.39 is 0 Å². The summed E-state index contributed by atoms with van der Waals surface area (Å²) in [6.07, 6.45) is 1.40. The second-order valence-corrected chi connectivity index (χ2v) is 3.90. The summed E-state index contributed by atoms with van der Waals surface area (Å²) in [4.78, 5) is 0. The molecule has 1 aromatic rings. The Bertz CT molecular complexity index is 310. The maximum absolute atomic E-state index is 5.68. The second-order valence-electron chi connectivity index (χ2n) is 3.90. The molecule has 1 aliphatic rings. The fraction of sp³-hybridized carbons (Fsp3) is 0.500. The minimum atomic E-state index is 0.161. The molecule has 3 nitrogen and oxygen atoms in total. The number of benzene rings is 1. The zero-order valence-corrected chi connectivity index (χ0v) is 9.19. The lowest BCUT2D eigenvalue weighted by molar-refractivity contribution is 0.0520. The topological polar surface area (TPSA) is 30.5 Å². The van der Waals surface area contributed by atoms with Crippen LogP contribution in [0.3, 0.4) is 0 Å². The van der Waals surface area contributed by atoms with Crippen LogP contribution >= 0.6 is 0 Å². The summed E-state index contributed by atoms with van der Waals surface area (Å²) in [6.45, 7) is 3.03. The van der Waals surface area contributed by atoms with Gasteiger partial charge in [-0.2, -0.15) is 0 Å². The largest absolute Gasteiger partial charge is 0.497 e. The summed E-state index contributed by atoms with van der Waals surface area (Å²) < 4.78 is 10.8. The highest BCUT2D eigenvalue weighted by Gasteiger charge is 2.20. The summed E-state index contributed by atoms with van der Waals surface area (Å²) in [5, 5.41) is 3.33. The summed E-state index contributed by atoms with van der Waals surface area (Å²) in [5.41, 5.74) is 1.27. The fourth-order valence-corrected chi connectivity index (χ4v) is 1.77. The Kier molecular flexibility index (Phi) is 3.23. The van der Waals surface area contributed by atoms with E-state index in [-0.39, 0.29) is 6.23 Å². The molecule has 0 spiro atoms. The van der Waals surface area contributed by atoms with Crippen molar-refractivity contribution in [2.75, 3.05) is 13.7 Å². The van der Waals surface area contributed by atoms with E-state index in [1.54, 1.807) is 7.11 Å². The first-order valence-electron chi connectivity index (χ1n) is 5.29. The van der Waals surface area contributed by atoms with E-state index in [1.807, 2.05) is 12.1 Å². The predicted molar refractivity (Wildman–Crippen MR) is 59.0 cm³/mol. The normalized spacial score (nSPS) is 25.5. The van der Waals surface area contributed by atoms with Crippen LogP contribution in [0, 0.1) is 0 Å². The lowest BCUT2D eigenvalue weighted by atomic mass is 10.1. The second kappa shape index (κ2) is 4.64. The Morgan fingerprint density at radius 2 is 2.13 bits per heavy atom. The minimum absolute atomic E-state index is 0.161. The van der Waals surface area contributed by atoms with Gasteiger partial charge < -0.3 is 9.47 Å². The molecule has 0 amide bonds. The molecule has 0 saturated carbocycles. The molecule has 2 atom stereocenters. The van der Waals surface area contributed by atoms with Gasteiger partial charge in [0.2, 0.25) is 0 Å². The van der Waals surface area contributed by atoms with Crippen LogP contribution in [0.1, 0.15) is 12.5 Å². The van der Waals surface area contributed by atoms with Crippen LogP contribution in [0.25, 0.3) is 0 Å². The van der Waals surface area contributed by atoms with Crippen molar-refractivity contribution in [2.24, 2.45) is 0 Å². The van der Waals surface area contributed by atoms with Crippen LogP contribution in [-0.4, -0.2) is 26.0 Å². The van der Waals surface area contributed by atoms with E-state index in [4.69, 9.17) is 9.47 Å². The molecule has 0 bridgehead atoms. The van der Waals surface area contributed by atoms with Crippen LogP contribution in [0.4, 0.5) is 0 Å². The Morgan fingerprint density at radius 1 is 1.40 bits per heavy atom. The molecule has 1 N–H and O–H groups in total. The zero-order valence-electron chi connectivity index (χ0n) is 9.19. The van der Waals surface area contributed by atoms with Gasteiger partial charge in [-0.25, -0.2) is 0 Å². The molecule has 15 heavy (non-hydrogen) atoms. The van der Waals surface area contributed by atoms with Gasteiger partial charge in [-0.1, -0.05) is 12.1 Å². The van der Waals surface area contributed by atoms with Gasteiger partial charge >= 0.3 is 0 Å². The molecule has 1 fully saturated rings. The zero-order chi connectivity index (χ0) is 10.7. The molecule has 1 aromatic carbocycles. The molecule has 2 unspecified atom stereocenters. The van der Waals surface area contributed by atoms with Crippen molar-refractivity contribution < 1.29 is 9.47 Å². The van der Waals surface area contributed by atoms with Gasteiger partial charge in [-0.15, -0.1) is 0 Å². The number of hydrogen-bond acceptors (Lipinski definition) is 3. The first kappa shape index (κ1) is 10.5. The van der Waals surface area contributed by atoms with Gasteiger partial charge in [-0.3, -0.25) is 5.32 Å². The minimum Gasteiger partial charge on any atom is -0.497 e. The molecular weight excluding hydrogens is 190 g/mol. The van der Waals surface area contributed by atoms with E-state index in [0.29, 0.717) is 6.10 Å². The van der Waals surface area contributed by atoms with Crippen LogP contribution in [0.2, 0.25) is 0 Å². The lowest BCUT2D eigenvalue weighted by Crippen LogP contribution is -2.24. The number of rotatable bonds is 3. The van der Waals surface area contributed by atoms with Gasteiger partial charge in [0.15, 0.2) is 0 Å². The Balaban J connectivity index is 1.93. The van der Waals surface area contributed by atoms with Gasteiger partial charge in [0.1, 0.15) is 12.0 Å². The smallest absolute Gasteiger partial charge is 0.118 e. The molecule has 1 aliphatic heterocycles. The summed E-state index contributed by atoms with van der Waals surface area (Å²) in [7, 11) is 1.68. The summed E-state index contributed by atoms with van der Waals surface area (Å²) in [5.74, 6) is 0.896. The van der Waals surface area contributed by atoms with Gasteiger partial charge in [0.25, 0.3) is 0 Å². The molecule has 1 heterocycles. The lowest BCUT2D eigenvalue weighted by Gasteiger charge is -2.11. The third kappa shape index (κ3) is 2.70. The molecule has 0 aromatic heterocycles. The molecule has 3 heteroatoms. The van der Waals surface area contributed by atoms with Crippen molar-refractivity contribution >= 4 is 0 Å². The van der Waals surface area contributed by atoms with Crippen molar-refractivity contribution in [1.82, 2.24) is 5.32 Å². The van der Waals surface area contributed by atoms with E-state index >= 15 is 0 Å². The monoisotopic (exact) mass is 207 g/mol. The van der Waals surface area contributed by atoms with E-state index in [1.165, 1.54) is 5.56 Å². The van der Waals surface area contributed by atoms with Crippen LogP contribution in [-0.2, 0) is 11.2 Å². The molecular formula is C12H17NO2. The van der Waals surface area contributed by atoms with Crippen LogP contribution in [0.15, 0.2) is 24.3 Å². The SMILES string of the molecule is COc1ccc(CC2NCC(C)O2)cc1. The molecule has 0 radical (unpaired) electrons. The molecule has 1 saturated heterocycles. The van der Waals surface area contributed by atoms with Crippen molar-refractivity contribution in [3.63, 3.8) is 0 Å². The number of methoxy groups -OCH3 is 1. The maximum Gasteiger partial charge on any atom is 0.118 e. The maximum atomic E-state index is 5.68. The number of hydrogen-bond donors (Lipinski definition) is 1. The Labute approximate surface area is 90.4 Å². The summed E-state index contributed by atoms with van der Waals surface area (Å²) >= 11 is 0. The number of nitrogens with one attached hydrogen (secondary N) is 1. The average Bonchev–Trinajstić information content (AvgIpc) is 2.65. The predicted octanol–water partition coefficient (Wildman–Crippen LogP) is 1.57. The first-order valence-corrected chi connectivity index (χ1v) is 5.29. The quantitative estimate of drug-likeness (QED) is 0.816. The molecule has 2 rings (SSSR count). The van der Waals surface area contributed by atoms with Crippen LogP contribution < -0.4 is 10.1 Å². The van der Waals surface area contributed by atoms with Gasteiger partial charge in [-0.05, 0) is 24.6 Å². The number of ether oxygens (including phenoxy) is 2. The van der Waals surface area contributed by atoms with E-state index in [2.05, 4.69) is 24.4 Å². The van der Waals surface area contributed by atoms with Crippen molar-refractivity contribution in [3.8, 4) is 5.75 Å². The summed E-state index contributed by atoms with van der Waals surface area (Å²) in [6, 6.07) is 8.11. The highest BCUT2D eigenvalue weighted by Crippen LogP contribution is 2.15. The molecule has 82 valence electrons. The third-order valence-corrected chi connectivity index (χ3v) is 2.61. The van der Waals surface area contributed by atoms with Crippen molar-refractivity contribution in [3.05, 3.63) is 29.8 Å². The van der Waals surface area contributed by atoms with Crippen molar-refractivity contribution in [1.29, 1.82) is 0 Å². The average molecular weight is 207 g/mol.